The second-order valence-corrected chi connectivity index (χ2v) is 6.72. The second-order valence-electron chi connectivity index (χ2n) is 5.94. The summed E-state index contributed by atoms with van der Waals surface area (Å²) >= 11 is 1.61. The predicted octanol–water partition coefficient (Wildman–Crippen LogP) is 5.18. The van der Waals surface area contributed by atoms with Crippen molar-refractivity contribution in [3.63, 3.8) is 0 Å². The van der Waals surface area contributed by atoms with Crippen LogP contribution in [0, 0.1) is 5.82 Å². The van der Waals surface area contributed by atoms with Gasteiger partial charge in [-0.15, -0.1) is 0 Å². The lowest BCUT2D eigenvalue weighted by Gasteiger charge is -2.14. The Morgan fingerprint density at radius 3 is 2.19 bits per heavy atom. The van der Waals surface area contributed by atoms with Gasteiger partial charge in [0.2, 0.25) is 5.95 Å². The van der Waals surface area contributed by atoms with Gasteiger partial charge >= 0.3 is 0 Å². The Labute approximate surface area is 155 Å². The van der Waals surface area contributed by atoms with Crippen molar-refractivity contribution < 1.29 is 4.39 Å². The summed E-state index contributed by atoms with van der Waals surface area (Å²) in [6.07, 6.45) is 0.666. The molecule has 0 aliphatic carbocycles. The highest BCUT2D eigenvalue weighted by Gasteiger charge is 2.17. The first-order valence-electron chi connectivity index (χ1n) is 8.19. The van der Waals surface area contributed by atoms with E-state index in [9.17, 15) is 4.39 Å². The molecule has 3 nitrogen and oxygen atoms in total. The molecule has 2 aromatic heterocycles. The van der Waals surface area contributed by atoms with Crippen LogP contribution in [0.5, 0.6) is 0 Å². The molecule has 5 heteroatoms. The molecule has 4 rings (SSSR count). The molecule has 0 radical (unpaired) electrons. The molecule has 0 fully saturated rings. The van der Waals surface area contributed by atoms with Gasteiger partial charge < -0.3 is 5.73 Å². The fourth-order valence-electron chi connectivity index (χ4n) is 2.95. The van der Waals surface area contributed by atoms with Crippen LogP contribution in [0.2, 0.25) is 0 Å². The average Bonchev–Trinajstić information content (AvgIpc) is 3.19. The van der Waals surface area contributed by atoms with Gasteiger partial charge in [-0.3, -0.25) is 0 Å². The van der Waals surface area contributed by atoms with Crippen molar-refractivity contribution in [2.75, 3.05) is 5.73 Å². The zero-order valence-corrected chi connectivity index (χ0v) is 14.7. The van der Waals surface area contributed by atoms with Crippen molar-refractivity contribution in [1.82, 2.24) is 9.97 Å². The van der Waals surface area contributed by atoms with E-state index >= 15 is 0 Å². The van der Waals surface area contributed by atoms with E-state index in [2.05, 4.69) is 22.1 Å². The fourth-order valence-corrected chi connectivity index (χ4v) is 3.59. The van der Waals surface area contributed by atoms with E-state index in [-0.39, 0.29) is 11.8 Å². The van der Waals surface area contributed by atoms with Gasteiger partial charge in [0.1, 0.15) is 5.82 Å². The molecule has 0 amide bonds. The van der Waals surface area contributed by atoms with Gasteiger partial charge in [0.25, 0.3) is 0 Å². The van der Waals surface area contributed by atoms with Crippen molar-refractivity contribution in [3.05, 3.63) is 88.4 Å². The Kier molecular flexibility index (Phi) is 4.46. The molecule has 0 spiro atoms. The van der Waals surface area contributed by atoms with E-state index in [1.54, 1.807) is 23.5 Å². The van der Waals surface area contributed by atoms with Crippen LogP contribution >= 0.6 is 11.3 Å². The van der Waals surface area contributed by atoms with Gasteiger partial charge in [0.15, 0.2) is 0 Å². The van der Waals surface area contributed by atoms with E-state index < -0.39 is 0 Å². The highest BCUT2D eigenvalue weighted by Crippen LogP contribution is 2.33. The summed E-state index contributed by atoms with van der Waals surface area (Å²) in [5.74, 6) is -0.0687. The maximum Gasteiger partial charge on any atom is 0.221 e. The molecule has 0 aliphatic heterocycles. The summed E-state index contributed by atoms with van der Waals surface area (Å²) in [6, 6.07) is 18.5. The van der Waals surface area contributed by atoms with Gasteiger partial charge in [0.05, 0.1) is 11.4 Å². The molecule has 0 saturated carbocycles. The molecule has 4 aromatic rings. The lowest BCUT2D eigenvalue weighted by molar-refractivity contribution is 0.628. The van der Waals surface area contributed by atoms with Gasteiger partial charge in [-0.25, -0.2) is 14.4 Å². The largest absolute Gasteiger partial charge is 0.368 e. The Morgan fingerprint density at radius 1 is 0.846 bits per heavy atom. The molecule has 2 N–H and O–H groups in total. The third-order valence-corrected chi connectivity index (χ3v) is 4.84. The number of thiophene rings is 1. The first kappa shape index (κ1) is 16.4. The monoisotopic (exact) mass is 361 g/mol. The molecule has 2 aromatic carbocycles. The van der Waals surface area contributed by atoms with E-state index in [0.29, 0.717) is 6.42 Å². The summed E-state index contributed by atoms with van der Waals surface area (Å²) < 4.78 is 13.4. The number of anilines is 1. The number of aromatic nitrogens is 2. The summed E-state index contributed by atoms with van der Waals surface area (Å²) in [5, 5.41) is 4.06. The normalized spacial score (nSPS) is 10.8. The Morgan fingerprint density at radius 2 is 1.54 bits per heavy atom. The summed E-state index contributed by atoms with van der Waals surface area (Å²) in [7, 11) is 0. The molecule has 2 heterocycles. The van der Waals surface area contributed by atoms with Crippen LogP contribution in [0.25, 0.3) is 22.5 Å². The summed E-state index contributed by atoms with van der Waals surface area (Å²) in [4.78, 5) is 9.00. The minimum absolute atomic E-state index is 0.210. The SMILES string of the molecule is Nc1nc(-c2ccc(F)cc2)c(Cc2ccccc2)c(-c2ccsc2)n1. The Balaban J connectivity index is 1.93. The maximum atomic E-state index is 13.4. The number of nitrogens with zero attached hydrogens (tertiary/aromatic N) is 2. The van der Waals surface area contributed by atoms with Crippen LogP contribution < -0.4 is 5.73 Å². The molecule has 0 unspecified atom stereocenters. The van der Waals surface area contributed by atoms with Crippen molar-refractivity contribution in [2.24, 2.45) is 0 Å². The highest BCUT2D eigenvalue weighted by atomic mass is 32.1. The second kappa shape index (κ2) is 7.06. The first-order chi connectivity index (χ1) is 12.7. The quantitative estimate of drug-likeness (QED) is 0.544. The van der Waals surface area contributed by atoms with Crippen LogP contribution in [-0.4, -0.2) is 9.97 Å². The number of benzene rings is 2. The summed E-state index contributed by atoms with van der Waals surface area (Å²) in [5.41, 5.74) is 11.5. The number of halogens is 1. The minimum atomic E-state index is -0.279. The number of hydrogen-bond donors (Lipinski definition) is 1. The fraction of sp³-hybridized carbons (Fsp3) is 0.0476. The van der Waals surface area contributed by atoms with Gasteiger partial charge in [-0.1, -0.05) is 30.3 Å². The lowest BCUT2D eigenvalue weighted by atomic mass is 9.96. The number of hydrogen-bond acceptors (Lipinski definition) is 4. The van der Waals surface area contributed by atoms with Crippen LogP contribution in [0.1, 0.15) is 11.1 Å². The molecule has 26 heavy (non-hydrogen) atoms. The first-order valence-corrected chi connectivity index (χ1v) is 9.14. The zero-order valence-electron chi connectivity index (χ0n) is 13.9. The number of nitrogens with two attached hydrogens (primary N) is 1. The molecular formula is C21H16FN3S. The van der Waals surface area contributed by atoms with E-state index in [4.69, 9.17) is 5.73 Å². The molecular weight excluding hydrogens is 345 g/mol. The third kappa shape index (κ3) is 3.34. The van der Waals surface area contributed by atoms with E-state index in [1.165, 1.54) is 12.1 Å². The average molecular weight is 361 g/mol. The number of nitrogen functional groups attached to an aromatic ring is 1. The van der Waals surface area contributed by atoms with Gasteiger partial charge in [-0.05, 0) is 41.3 Å². The van der Waals surface area contributed by atoms with Crippen molar-refractivity contribution in [2.45, 2.75) is 6.42 Å². The van der Waals surface area contributed by atoms with Crippen LogP contribution in [0.15, 0.2) is 71.4 Å². The molecule has 0 atom stereocenters. The Bertz CT molecular complexity index is 1010. The molecule has 0 saturated heterocycles. The predicted molar refractivity (Wildman–Crippen MR) is 104 cm³/mol. The maximum absolute atomic E-state index is 13.4. The highest BCUT2D eigenvalue weighted by molar-refractivity contribution is 7.08. The van der Waals surface area contributed by atoms with E-state index in [1.807, 2.05) is 35.0 Å². The number of rotatable bonds is 4. The smallest absolute Gasteiger partial charge is 0.221 e. The third-order valence-electron chi connectivity index (χ3n) is 4.16. The van der Waals surface area contributed by atoms with Crippen molar-refractivity contribution in [1.29, 1.82) is 0 Å². The van der Waals surface area contributed by atoms with Crippen LogP contribution in [-0.2, 0) is 6.42 Å². The Hall–Kier alpha value is -3.05. The lowest BCUT2D eigenvalue weighted by Crippen LogP contribution is -2.05. The van der Waals surface area contributed by atoms with Crippen LogP contribution in [0.4, 0.5) is 10.3 Å². The van der Waals surface area contributed by atoms with E-state index in [0.717, 1.165) is 33.6 Å². The van der Waals surface area contributed by atoms with Crippen molar-refractivity contribution in [3.8, 4) is 22.5 Å². The van der Waals surface area contributed by atoms with Crippen LogP contribution in [0.3, 0.4) is 0 Å². The standard InChI is InChI=1S/C21H16FN3S/c22-17-8-6-15(7-9-17)19-18(12-14-4-2-1-3-5-14)20(25-21(23)24-19)16-10-11-26-13-16/h1-11,13H,12H2,(H2,23,24,25). The minimum Gasteiger partial charge on any atom is -0.368 e. The topological polar surface area (TPSA) is 51.8 Å². The summed E-state index contributed by atoms with van der Waals surface area (Å²) in [6.45, 7) is 0. The van der Waals surface area contributed by atoms with Crippen molar-refractivity contribution >= 4 is 17.3 Å². The zero-order chi connectivity index (χ0) is 17.9. The molecule has 128 valence electrons. The van der Waals surface area contributed by atoms with Gasteiger partial charge in [-0.2, -0.15) is 11.3 Å². The molecule has 0 aliphatic rings. The van der Waals surface area contributed by atoms with Gasteiger partial charge in [0, 0.05) is 28.5 Å². The molecule has 0 bridgehead atoms.